The van der Waals surface area contributed by atoms with E-state index in [1.54, 1.807) is 0 Å². The van der Waals surface area contributed by atoms with Crippen LogP contribution in [0.2, 0.25) is 5.02 Å². The normalized spacial score (nSPS) is 13.4. The third kappa shape index (κ3) is 2.45. The molecule has 0 amide bonds. The van der Waals surface area contributed by atoms with Gasteiger partial charge in [0.1, 0.15) is 0 Å². The first-order valence-electron chi connectivity index (χ1n) is 4.54. The van der Waals surface area contributed by atoms with E-state index in [-0.39, 0.29) is 6.04 Å². The molecule has 0 radical (unpaired) electrons. The third-order valence-corrected chi connectivity index (χ3v) is 2.71. The Balaban J connectivity index is 2.97. The van der Waals surface area contributed by atoms with Crippen LogP contribution in [0.15, 0.2) is 18.2 Å². The Morgan fingerprint density at radius 3 is 2.38 bits per heavy atom. The van der Waals surface area contributed by atoms with E-state index in [1.807, 2.05) is 25.1 Å². The molecule has 1 nitrogen and oxygen atoms in total. The minimum absolute atomic E-state index is 0.0816. The molecule has 1 aromatic carbocycles. The maximum absolute atomic E-state index is 6.01. The molecule has 0 aliphatic heterocycles. The molecule has 0 heterocycles. The molecule has 2 N–H and O–H groups in total. The number of hydrogen-bond acceptors (Lipinski definition) is 1. The highest BCUT2D eigenvalue weighted by atomic mass is 35.5. The van der Waals surface area contributed by atoms with Crippen molar-refractivity contribution in [2.24, 2.45) is 11.7 Å². The van der Waals surface area contributed by atoms with Crippen molar-refractivity contribution in [3.05, 3.63) is 34.3 Å². The summed E-state index contributed by atoms with van der Waals surface area (Å²) in [5.74, 6) is 0.443. The average Bonchev–Trinajstić information content (AvgIpc) is 2.08. The van der Waals surface area contributed by atoms with Gasteiger partial charge in [-0.3, -0.25) is 0 Å². The summed E-state index contributed by atoms with van der Waals surface area (Å²) in [7, 11) is 0. The second kappa shape index (κ2) is 4.12. The Hall–Kier alpha value is -0.530. The van der Waals surface area contributed by atoms with Crippen molar-refractivity contribution in [2.75, 3.05) is 0 Å². The van der Waals surface area contributed by atoms with Gasteiger partial charge in [0.2, 0.25) is 0 Å². The fourth-order valence-electron chi connectivity index (χ4n) is 1.20. The number of hydrogen-bond donors (Lipinski definition) is 1. The molecule has 1 aromatic rings. The second-order valence-corrected chi connectivity index (χ2v) is 4.19. The van der Waals surface area contributed by atoms with Gasteiger partial charge < -0.3 is 5.73 Å². The van der Waals surface area contributed by atoms with Gasteiger partial charge >= 0.3 is 0 Å². The van der Waals surface area contributed by atoms with Crippen LogP contribution in [0.5, 0.6) is 0 Å². The molecule has 0 saturated carbocycles. The molecule has 1 rings (SSSR count). The zero-order valence-corrected chi connectivity index (χ0v) is 9.10. The van der Waals surface area contributed by atoms with Crippen molar-refractivity contribution in [1.29, 1.82) is 0 Å². The van der Waals surface area contributed by atoms with Crippen LogP contribution >= 0.6 is 11.6 Å². The fourth-order valence-corrected chi connectivity index (χ4v) is 1.39. The van der Waals surface area contributed by atoms with Crippen molar-refractivity contribution < 1.29 is 0 Å². The molecule has 0 aliphatic carbocycles. The van der Waals surface area contributed by atoms with Gasteiger partial charge in [-0.15, -0.1) is 0 Å². The first-order chi connectivity index (χ1) is 6.02. The molecular formula is C11H16ClN. The topological polar surface area (TPSA) is 26.0 Å². The minimum atomic E-state index is 0.0816. The Bertz CT molecular complexity index is 294. The summed E-state index contributed by atoms with van der Waals surface area (Å²) in [4.78, 5) is 0. The third-order valence-electron chi connectivity index (χ3n) is 2.30. The van der Waals surface area contributed by atoms with E-state index >= 15 is 0 Å². The molecular weight excluding hydrogens is 182 g/mol. The average molecular weight is 198 g/mol. The van der Waals surface area contributed by atoms with E-state index < -0.39 is 0 Å². The van der Waals surface area contributed by atoms with Gasteiger partial charge in [0.25, 0.3) is 0 Å². The maximum atomic E-state index is 6.01. The number of benzene rings is 1. The summed E-state index contributed by atoms with van der Waals surface area (Å²) in [5, 5.41) is 0.800. The molecule has 2 heteroatoms. The molecule has 1 atom stereocenters. The van der Waals surface area contributed by atoms with Crippen LogP contribution in [0.1, 0.15) is 31.0 Å². The zero-order chi connectivity index (χ0) is 10.0. The summed E-state index contributed by atoms with van der Waals surface area (Å²) < 4.78 is 0. The molecule has 1 unspecified atom stereocenters. The van der Waals surface area contributed by atoms with Crippen LogP contribution < -0.4 is 5.73 Å². The quantitative estimate of drug-likeness (QED) is 0.774. The number of nitrogens with two attached hydrogens (primary N) is 1. The smallest absolute Gasteiger partial charge is 0.0438 e. The van der Waals surface area contributed by atoms with Crippen LogP contribution in [0, 0.1) is 12.8 Å². The molecule has 0 bridgehead atoms. The first-order valence-corrected chi connectivity index (χ1v) is 4.92. The number of aryl methyl sites for hydroxylation is 1. The van der Waals surface area contributed by atoms with Crippen molar-refractivity contribution in [3.63, 3.8) is 0 Å². The van der Waals surface area contributed by atoms with Gasteiger partial charge in [-0.2, -0.15) is 0 Å². The molecule has 0 aromatic heterocycles. The van der Waals surface area contributed by atoms with E-state index in [0.29, 0.717) is 5.92 Å². The number of halogens is 1. The van der Waals surface area contributed by atoms with Crippen LogP contribution in [0.25, 0.3) is 0 Å². The molecule has 0 fully saturated rings. The summed E-state index contributed by atoms with van der Waals surface area (Å²) >= 11 is 6.01. The summed E-state index contributed by atoms with van der Waals surface area (Å²) in [6.45, 7) is 6.21. The minimum Gasteiger partial charge on any atom is -0.324 e. The monoisotopic (exact) mass is 197 g/mol. The van der Waals surface area contributed by atoms with Crippen LogP contribution in [-0.2, 0) is 0 Å². The van der Waals surface area contributed by atoms with E-state index in [4.69, 9.17) is 17.3 Å². The van der Waals surface area contributed by atoms with Gasteiger partial charge in [-0.05, 0) is 30.0 Å². The molecule has 0 saturated heterocycles. The Kier molecular flexibility index (Phi) is 3.34. The van der Waals surface area contributed by atoms with E-state index in [9.17, 15) is 0 Å². The van der Waals surface area contributed by atoms with E-state index in [2.05, 4.69) is 13.8 Å². The zero-order valence-electron chi connectivity index (χ0n) is 8.34. The van der Waals surface area contributed by atoms with E-state index in [1.165, 1.54) is 0 Å². The van der Waals surface area contributed by atoms with Gasteiger partial charge in [-0.1, -0.05) is 37.6 Å². The predicted molar refractivity (Wildman–Crippen MR) is 58.0 cm³/mol. The standard InChI is InChI=1S/C11H16ClN/c1-7(2)11(13)9-5-4-8(3)10(12)6-9/h4-7,11H,13H2,1-3H3. The van der Waals surface area contributed by atoms with Gasteiger partial charge in [-0.25, -0.2) is 0 Å². The highest BCUT2D eigenvalue weighted by Crippen LogP contribution is 2.23. The number of rotatable bonds is 2. The molecule has 0 spiro atoms. The molecule has 0 aliphatic rings. The summed E-state index contributed by atoms with van der Waals surface area (Å²) in [6, 6.07) is 6.10. The van der Waals surface area contributed by atoms with Crippen molar-refractivity contribution in [1.82, 2.24) is 0 Å². The lowest BCUT2D eigenvalue weighted by Crippen LogP contribution is -2.16. The van der Waals surface area contributed by atoms with Gasteiger partial charge in [0.15, 0.2) is 0 Å². The fraction of sp³-hybridized carbons (Fsp3) is 0.455. The highest BCUT2D eigenvalue weighted by Gasteiger charge is 2.10. The largest absolute Gasteiger partial charge is 0.324 e. The van der Waals surface area contributed by atoms with Crippen molar-refractivity contribution in [3.8, 4) is 0 Å². The lowest BCUT2D eigenvalue weighted by atomic mass is 9.96. The van der Waals surface area contributed by atoms with Crippen LogP contribution in [0.3, 0.4) is 0 Å². The SMILES string of the molecule is Cc1ccc(C(N)C(C)C)cc1Cl. The Labute approximate surface area is 84.9 Å². The maximum Gasteiger partial charge on any atom is 0.0438 e. The predicted octanol–water partition coefficient (Wildman–Crippen LogP) is 3.30. The van der Waals surface area contributed by atoms with Crippen molar-refractivity contribution in [2.45, 2.75) is 26.8 Å². The van der Waals surface area contributed by atoms with Crippen LogP contribution in [0.4, 0.5) is 0 Å². The molecule has 72 valence electrons. The first kappa shape index (κ1) is 10.6. The van der Waals surface area contributed by atoms with Crippen LogP contribution in [-0.4, -0.2) is 0 Å². The lowest BCUT2D eigenvalue weighted by molar-refractivity contribution is 0.514. The highest BCUT2D eigenvalue weighted by molar-refractivity contribution is 6.31. The van der Waals surface area contributed by atoms with Gasteiger partial charge in [0, 0.05) is 11.1 Å². The Morgan fingerprint density at radius 2 is 1.92 bits per heavy atom. The Morgan fingerprint density at radius 1 is 1.31 bits per heavy atom. The summed E-state index contributed by atoms with van der Waals surface area (Å²) in [6.07, 6.45) is 0. The van der Waals surface area contributed by atoms with E-state index in [0.717, 1.165) is 16.1 Å². The van der Waals surface area contributed by atoms with Crippen molar-refractivity contribution >= 4 is 11.6 Å². The lowest BCUT2D eigenvalue weighted by Gasteiger charge is -2.16. The van der Waals surface area contributed by atoms with Gasteiger partial charge in [0.05, 0.1) is 0 Å². The summed E-state index contributed by atoms with van der Waals surface area (Å²) in [5.41, 5.74) is 8.21. The second-order valence-electron chi connectivity index (χ2n) is 3.78. The molecule has 13 heavy (non-hydrogen) atoms.